The second-order valence-corrected chi connectivity index (χ2v) is 3.59. The van der Waals surface area contributed by atoms with Crippen molar-refractivity contribution in [2.24, 2.45) is 0 Å². The maximum atomic E-state index is 12.7. The Kier molecular flexibility index (Phi) is 4.53. The lowest BCUT2D eigenvalue weighted by Gasteiger charge is -2.11. The maximum absolute atomic E-state index is 12.7. The SMILES string of the molecule is COCCCn1ncc(C(=O)Cl)c1C(F)(F)F. The van der Waals surface area contributed by atoms with Gasteiger partial charge < -0.3 is 4.74 Å². The Morgan fingerprint density at radius 2 is 2.24 bits per heavy atom. The molecule has 0 N–H and O–H groups in total. The van der Waals surface area contributed by atoms with Gasteiger partial charge in [0.2, 0.25) is 0 Å². The molecule has 0 fully saturated rings. The van der Waals surface area contributed by atoms with Gasteiger partial charge in [-0.3, -0.25) is 9.48 Å². The number of hydrogen-bond donors (Lipinski definition) is 0. The van der Waals surface area contributed by atoms with Crippen LogP contribution in [0.15, 0.2) is 6.20 Å². The van der Waals surface area contributed by atoms with Crippen molar-refractivity contribution in [3.8, 4) is 0 Å². The number of carbonyl (C=O) groups excluding carboxylic acids is 1. The van der Waals surface area contributed by atoms with Gasteiger partial charge in [-0.25, -0.2) is 0 Å². The normalized spacial score (nSPS) is 11.8. The standard InChI is InChI=1S/C9H10ClF3N2O2/c1-17-4-2-3-15-7(9(11,12)13)6(5-14-15)8(10)16/h5H,2-4H2,1H3. The van der Waals surface area contributed by atoms with Crippen LogP contribution in [0.2, 0.25) is 0 Å². The highest BCUT2D eigenvalue weighted by molar-refractivity contribution is 6.67. The van der Waals surface area contributed by atoms with Gasteiger partial charge in [-0.15, -0.1) is 0 Å². The summed E-state index contributed by atoms with van der Waals surface area (Å²) in [6.07, 6.45) is -3.48. The number of carbonyl (C=O) groups is 1. The highest BCUT2D eigenvalue weighted by atomic mass is 35.5. The van der Waals surface area contributed by atoms with Crippen LogP contribution < -0.4 is 0 Å². The van der Waals surface area contributed by atoms with Crippen molar-refractivity contribution < 1.29 is 22.7 Å². The second-order valence-electron chi connectivity index (χ2n) is 3.25. The molecule has 0 aliphatic heterocycles. The summed E-state index contributed by atoms with van der Waals surface area (Å²) >= 11 is 5.07. The summed E-state index contributed by atoms with van der Waals surface area (Å²) in [5, 5.41) is 2.34. The Morgan fingerprint density at radius 3 is 2.71 bits per heavy atom. The number of halogens is 4. The van der Waals surface area contributed by atoms with Gasteiger partial charge in [0.25, 0.3) is 5.24 Å². The van der Waals surface area contributed by atoms with E-state index >= 15 is 0 Å². The number of hydrogen-bond acceptors (Lipinski definition) is 3. The smallest absolute Gasteiger partial charge is 0.385 e. The van der Waals surface area contributed by atoms with Gasteiger partial charge in [0, 0.05) is 20.3 Å². The fourth-order valence-corrected chi connectivity index (χ4v) is 1.49. The van der Waals surface area contributed by atoms with Crippen LogP contribution in [0.25, 0.3) is 0 Å². The molecule has 0 bridgehead atoms. The lowest BCUT2D eigenvalue weighted by molar-refractivity contribution is -0.144. The molecule has 0 saturated heterocycles. The average molecular weight is 271 g/mol. The molecule has 17 heavy (non-hydrogen) atoms. The molecule has 0 aliphatic carbocycles. The summed E-state index contributed by atoms with van der Waals surface area (Å²) in [6.45, 7) is 0.314. The fraction of sp³-hybridized carbons (Fsp3) is 0.556. The first-order chi connectivity index (χ1) is 7.88. The highest BCUT2D eigenvalue weighted by Gasteiger charge is 2.39. The van der Waals surface area contributed by atoms with E-state index in [1.165, 1.54) is 7.11 Å². The van der Waals surface area contributed by atoms with Crippen molar-refractivity contribution in [1.29, 1.82) is 0 Å². The van der Waals surface area contributed by atoms with E-state index in [1.807, 2.05) is 0 Å². The van der Waals surface area contributed by atoms with E-state index in [9.17, 15) is 18.0 Å². The zero-order valence-electron chi connectivity index (χ0n) is 8.92. The molecule has 0 saturated carbocycles. The molecular weight excluding hydrogens is 261 g/mol. The largest absolute Gasteiger partial charge is 0.433 e. The predicted molar refractivity (Wildman–Crippen MR) is 53.9 cm³/mol. The van der Waals surface area contributed by atoms with Crippen LogP contribution in [-0.4, -0.2) is 28.7 Å². The zero-order chi connectivity index (χ0) is 13.1. The molecule has 0 radical (unpaired) electrons. The van der Waals surface area contributed by atoms with Crippen LogP contribution in [0, 0.1) is 0 Å². The van der Waals surface area contributed by atoms with Gasteiger partial charge >= 0.3 is 6.18 Å². The molecule has 0 aromatic carbocycles. The third kappa shape index (κ3) is 3.44. The molecule has 0 spiro atoms. The molecule has 1 rings (SSSR count). The Balaban J connectivity index is 3.01. The minimum absolute atomic E-state index is 0.00680. The van der Waals surface area contributed by atoms with Gasteiger partial charge in [-0.2, -0.15) is 18.3 Å². The van der Waals surface area contributed by atoms with Crippen molar-refractivity contribution in [2.45, 2.75) is 19.1 Å². The molecule has 1 heterocycles. The quantitative estimate of drug-likeness (QED) is 0.609. The summed E-state index contributed by atoms with van der Waals surface area (Å²) < 4.78 is 43.6. The highest BCUT2D eigenvalue weighted by Crippen LogP contribution is 2.32. The summed E-state index contributed by atoms with van der Waals surface area (Å²) in [7, 11) is 1.45. The molecular formula is C9H10ClF3N2O2. The van der Waals surface area contributed by atoms with E-state index in [2.05, 4.69) is 5.10 Å². The van der Waals surface area contributed by atoms with E-state index in [0.29, 0.717) is 17.7 Å². The molecule has 96 valence electrons. The minimum atomic E-state index is -4.66. The molecule has 8 heteroatoms. The number of methoxy groups -OCH3 is 1. The Labute approximate surface area is 100 Å². The van der Waals surface area contributed by atoms with Gasteiger partial charge in [0.15, 0.2) is 5.69 Å². The van der Waals surface area contributed by atoms with Crippen molar-refractivity contribution in [2.75, 3.05) is 13.7 Å². The molecule has 1 aromatic rings. The monoisotopic (exact) mass is 270 g/mol. The predicted octanol–water partition coefficient (Wildman–Crippen LogP) is 2.32. The van der Waals surface area contributed by atoms with Gasteiger partial charge in [0.1, 0.15) is 0 Å². The first-order valence-corrected chi connectivity index (χ1v) is 5.07. The topological polar surface area (TPSA) is 44.1 Å². The van der Waals surface area contributed by atoms with Gasteiger partial charge in [-0.05, 0) is 18.0 Å². The third-order valence-corrected chi connectivity index (χ3v) is 2.24. The molecule has 4 nitrogen and oxygen atoms in total. The maximum Gasteiger partial charge on any atom is 0.433 e. The van der Waals surface area contributed by atoms with E-state index in [4.69, 9.17) is 16.3 Å². The lowest BCUT2D eigenvalue weighted by atomic mass is 10.2. The van der Waals surface area contributed by atoms with E-state index in [0.717, 1.165) is 6.20 Å². The summed E-state index contributed by atoms with van der Waals surface area (Å²) in [5.41, 5.74) is -1.75. The van der Waals surface area contributed by atoms with Crippen molar-refractivity contribution in [3.63, 3.8) is 0 Å². The summed E-state index contributed by atoms with van der Waals surface area (Å²) in [4.78, 5) is 10.8. The van der Waals surface area contributed by atoms with Gasteiger partial charge in [-0.1, -0.05) is 0 Å². The van der Waals surface area contributed by atoms with Crippen molar-refractivity contribution in [1.82, 2.24) is 9.78 Å². The Bertz CT molecular complexity index is 403. The zero-order valence-corrected chi connectivity index (χ0v) is 9.68. The number of aromatic nitrogens is 2. The van der Waals surface area contributed by atoms with E-state index in [-0.39, 0.29) is 6.54 Å². The molecule has 0 atom stereocenters. The van der Waals surface area contributed by atoms with E-state index in [1.54, 1.807) is 0 Å². The number of rotatable bonds is 5. The second kappa shape index (κ2) is 5.50. The molecule has 0 aliphatic rings. The third-order valence-electron chi connectivity index (χ3n) is 2.04. The minimum Gasteiger partial charge on any atom is -0.385 e. The Hall–Kier alpha value is -1.08. The molecule has 0 unspecified atom stereocenters. The Morgan fingerprint density at radius 1 is 1.59 bits per heavy atom. The van der Waals surface area contributed by atoms with Crippen LogP contribution in [-0.2, 0) is 17.5 Å². The first kappa shape index (κ1) is 14.0. The van der Waals surface area contributed by atoms with Crippen LogP contribution in [0.3, 0.4) is 0 Å². The first-order valence-electron chi connectivity index (χ1n) is 4.69. The van der Waals surface area contributed by atoms with Crippen LogP contribution in [0.1, 0.15) is 22.5 Å². The number of nitrogens with zero attached hydrogens (tertiary/aromatic N) is 2. The van der Waals surface area contributed by atoms with Crippen LogP contribution in [0.5, 0.6) is 0 Å². The molecule has 1 aromatic heterocycles. The van der Waals surface area contributed by atoms with Crippen molar-refractivity contribution >= 4 is 16.8 Å². The molecule has 0 amide bonds. The number of aryl methyl sites for hydroxylation is 1. The summed E-state index contributed by atoms with van der Waals surface area (Å²) in [5.74, 6) is 0. The number of alkyl halides is 3. The van der Waals surface area contributed by atoms with Crippen molar-refractivity contribution in [3.05, 3.63) is 17.5 Å². The average Bonchev–Trinajstić information content (AvgIpc) is 2.61. The van der Waals surface area contributed by atoms with Crippen LogP contribution >= 0.6 is 11.6 Å². The summed E-state index contributed by atoms with van der Waals surface area (Å²) in [6, 6.07) is 0. The number of ether oxygens (including phenoxy) is 1. The van der Waals surface area contributed by atoms with Gasteiger partial charge in [0.05, 0.1) is 11.8 Å². The lowest BCUT2D eigenvalue weighted by Crippen LogP contribution is -2.18. The van der Waals surface area contributed by atoms with Crippen LogP contribution in [0.4, 0.5) is 13.2 Å². The van der Waals surface area contributed by atoms with E-state index < -0.39 is 22.7 Å². The fourth-order valence-electron chi connectivity index (χ4n) is 1.36.